The van der Waals surface area contributed by atoms with Gasteiger partial charge in [0.15, 0.2) is 0 Å². The highest BCUT2D eigenvalue weighted by atomic mass is 16.6. The van der Waals surface area contributed by atoms with Crippen LogP contribution in [-0.2, 0) is 9.53 Å². The van der Waals surface area contributed by atoms with Crippen molar-refractivity contribution in [3.05, 3.63) is 64.7 Å². The number of hydrazone groups is 1. The summed E-state index contributed by atoms with van der Waals surface area (Å²) in [7, 11) is 1.64. The normalized spacial score (nSPS) is 18.4. The van der Waals surface area contributed by atoms with Gasteiger partial charge in [-0.15, -0.1) is 0 Å². The Bertz CT molecular complexity index is 1110. The molecule has 1 fully saturated rings. The topological polar surface area (TPSA) is 74.7 Å². The highest BCUT2D eigenvalue weighted by molar-refractivity contribution is 6.04. The Morgan fingerprint density at radius 1 is 1.06 bits per heavy atom. The van der Waals surface area contributed by atoms with E-state index in [2.05, 4.69) is 36.9 Å². The van der Waals surface area contributed by atoms with Crippen molar-refractivity contribution in [1.82, 2.24) is 14.8 Å². The largest absolute Gasteiger partial charge is 0.497 e. The highest BCUT2D eigenvalue weighted by Gasteiger charge is 2.35. The molecular weight excluding hydrogens is 444 g/mol. The Labute approximate surface area is 207 Å². The second-order valence-corrected chi connectivity index (χ2v) is 9.06. The standard InChI is InChI=1S/C27H34N4O4/c1-5-35-27(33)30-13-11-29(12-14-30)18-26(32)31-25(21-7-6-8-22(16-21)34-4)17-24(28-31)23-15-19(2)9-10-20(23)3/h6-10,15-16,25H,5,11-14,17-18H2,1-4H3. The van der Waals surface area contributed by atoms with Crippen molar-refractivity contribution in [3.63, 3.8) is 0 Å². The maximum absolute atomic E-state index is 13.5. The Kier molecular flexibility index (Phi) is 7.70. The molecule has 0 radical (unpaired) electrons. The fraction of sp³-hybridized carbons (Fsp3) is 0.444. The molecule has 0 aromatic heterocycles. The van der Waals surface area contributed by atoms with Crippen molar-refractivity contribution in [2.75, 3.05) is 46.4 Å². The predicted molar refractivity (Wildman–Crippen MR) is 135 cm³/mol. The van der Waals surface area contributed by atoms with Gasteiger partial charge in [0.05, 0.1) is 32.0 Å². The highest BCUT2D eigenvalue weighted by Crippen LogP contribution is 2.35. The van der Waals surface area contributed by atoms with Crippen LogP contribution in [0.3, 0.4) is 0 Å². The van der Waals surface area contributed by atoms with Crippen molar-refractivity contribution in [3.8, 4) is 5.75 Å². The molecule has 4 rings (SSSR count). The first-order valence-electron chi connectivity index (χ1n) is 12.1. The predicted octanol–water partition coefficient (Wildman–Crippen LogP) is 3.76. The SMILES string of the molecule is CCOC(=O)N1CCN(CC(=O)N2N=C(c3cc(C)ccc3C)CC2c2cccc(OC)c2)CC1. The van der Waals surface area contributed by atoms with Crippen LogP contribution in [-0.4, -0.2) is 79.0 Å². The van der Waals surface area contributed by atoms with Crippen LogP contribution in [0.25, 0.3) is 0 Å². The molecular formula is C27H34N4O4. The summed E-state index contributed by atoms with van der Waals surface area (Å²) in [5.41, 5.74) is 5.29. The molecule has 8 heteroatoms. The van der Waals surface area contributed by atoms with Crippen LogP contribution in [0.5, 0.6) is 5.75 Å². The van der Waals surface area contributed by atoms with Crippen molar-refractivity contribution in [2.45, 2.75) is 33.2 Å². The molecule has 2 aliphatic rings. The van der Waals surface area contributed by atoms with Crippen LogP contribution < -0.4 is 4.74 Å². The Morgan fingerprint density at radius 3 is 2.54 bits per heavy atom. The molecule has 0 aliphatic carbocycles. The monoisotopic (exact) mass is 478 g/mol. The zero-order chi connectivity index (χ0) is 24.9. The Morgan fingerprint density at radius 2 is 1.83 bits per heavy atom. The number of hydrogen-bond donors (Lipinski definition) is 0. The lowest BCUT2D eigenvalue weighted by Gasteiger charge is -2.34. The maximum Gasteiger partial charge on any atom is 0.409 e. The number of hydrogen-bond acceptors (Lipinski definition) is 6. The Hall–Kier alpha value is -3.39. The second kappa shape index (κ2) is 10.9. The summed E-state index contributed by atoms with van der Waals surface area (Å²) in [4.78, 5) is 29.3. The summed E-state index contributed by atoms with van der Waals surface area (Å²) >= 11 is 0. The number of methoxy groups -OCH3 is 1. The van der Waals surface area contributed by atoms with E-state index in [0.29, 0.717) is 39.2 Å². The molecule has 2 aliphatic heterocycles. The summed E-state index contributed by atoms with van der Waals surface area (Å²) < 4.78 is 10.5. The number of amides is 2. The van der Waals surface area contributed by atoms with E-state index in [1.54, 1.807) is 23.9 Å². The van der Waals surface area contributed by atoms with Crippen molar-refractivity contribution in [1.29, 1.82) is 0 Å². The van der Waals surface area contributed by atoms with Gasteiger partial charge in [-0.25, -0.2) is 9.80 Å². The van der Waals surface area contributed by atoms with E-state index in [4.69, 9.17) is 14.6 Å². The molecule has 2 heterocycles. The lowest BCUT2D eigenvalue weighted by molar-refractivity contribution is -0.134. The Balaban J connectivity index is 1.54. The zero-order valence-corrected chi connectivity index (χ0v) is 21.0. The minimum atomic E-state index is -0.293. The first kappa shape index (κ1) is 24.7. The van der Waals surface area contributed by atoms with E-state index in [1.165, 1.54) is 0 Å². The number of benzene rings is 2. The van der Waals surface area contributed by atoms with E-state index in [-0.39, 0.29) is 24.6 Å². The van der Waals surface area contributed by atoms with Crippen LogP contribution in [0, 0.1) is 13.8 Å². The molecule has 1 atom stereocenters. The van der Waals surface area contributed by atoms with Gasteiger partial charge in [0.2, 0.25) is 0 Å². The third-order valence-corrected chi connectivity index (χ3v) is 6.61. The number of carbonyl (C=O) groups excluding carboxylic acids is 2. The smallest absolute Gasteiger partial charge is 0.409 e. The molecule has 0 bridgehead atoms. The van der Waals surface area contributed by atoms with Gasteiger partial charge in [-0.05, 0) is 50.1 Å². The van der Waals surface area contributed by atoms with Gasteiger partial charge in [0.25, 0.3) is 5.91 Å². The van der Waals surface area contributed by atoms with E-state index in [9.17, 15) is 9.59 Å². The minimum Gasteiger partial charge on any atom is -0.497 e. The molecule has 2 aromatic carbocycles. The van der Waals surface area contributed by atoms with Gasteiger partial charge < -0.3 is 14.4 Å². The zero-order valence-electron chi connectivity index (χ0n) is 21.0. The molecule has 2 amide bonds. The van der Waals surface area contributed by atoms with Gasteiger partial charge in [-0.2, -0.15) is 5.10 Å². The molecule has 35 heavy (non-hydrogen) atoms. The third kappa shape index (κ3) is 5.65. The summed E-state index contributed by atoms with van der Waals surface area (Å²) in [6.07, 6.45) is 0.346. The number of aryl methyl sites for hydroxylation is 2. The molecule has 1 saturated heterocycles. The average molecular weight is 479 g/mol. The number of nitrogens with zero attached hydrogens (tertiary/aromatic N) is 4. The van der Waals surface area contributed by atoms with E-state index in [0.717, 1.165) is 33.7 Å². The van der Waals surface area contributed by atoms with Crippen LogP contribution in [0.2, 0.25) is 0 Å². The van der Waals surface area contributed by atoms with E-state index < -0.39 is 0 Å². The van der Waals surface area contributed by atoms with Crippen molar-refractivity contribution < 1.29 is 19.1 Å². The first-order chi connectivity index (χ1) is 16.9. The fourth-order valence-electron chi connectivity index (χ4n) is 4.63. The molecule has 1 unspecified atom stereocenters. The van der Waals surface area contributed by atoms with Crippen LogP contribution in [0.4, 0.5) is 4.79 Å². The summed E-state index contributed by atoms with van der Waals surface area (Å²) in [6, 6.07) is 14.0. The maximum atomic E-state index is 13.5. The summed E-state index contributed by atoms with van der Waals surface area (Å²) in [5.74, 6) is 0.702. The lowest BCUT2D eigenvalue weighted by Crippen LogP contribution is -2.51. The summed E-state index contributed by atoms with van der Waals surface area (Å²) in [5, 5.41) is 6.50. The van der Waals surface area contributed by atoms with Crippen LogP contribution in [0.15, 0.2) is 47.6 Å². The van der Waals surface area contributed by atoms with Gasteiger partial charge >= 0.3 is 6.09 Å². The first-order valence-corrected chi connectivity index (χ1v) is 12.1. The van der Waals surface area contributed by atoms with Gasteiger partial charge in [-0.1, -0.05) is 29.8 Å². The number of piperazine rings is 1. The molecule has 2 aromatic rings. The molecule has 0 spiro atoms. The molecule has 8 nitrogen and oxygen atoms in total. The van der Waals surface area contributed by atoms with E-state index >= 15 is 0 Å². The number of rotatable bonds is 6. The quantitative estimate of drug-likeness (QED) is 0.632. The van der Waals surface area contributed by atoms with Crippen LogP contribution >= 0.6 is 0 Å². The van der Waals surface area contributed by atoms with Gasteiger partial charge in [0, 0.05) is 38.2 Å². The lowest BCUT2D eigenvalue weighted by atomic mass is 9.95. The van der Waals surface area contributed by atoms with E-state index in [1.807, 2.05) is 24.3 Å². The fourth-order valence-corrected chi connectivity index (χ4v) is 4.63. The summed E-state index contributed by atoms with van der Waals surface area (Å²) in [6.45, 7) is 8.88. The van der Waals surface area contributed by atoms with Gasteiger partial charge in [0.1, 0.15) is 5.75 Å². The number of ether oxygens (including phenoxy) is 2. The average Bonchev–Trinajstić information content (AvgIpc) is 3.32. The van der Waals surface area contributed by atoms with Crippen LogP contribution in [0.1, 0.15) is 41.6 Å². The third-order valence-electron chi connectivity index (χ3n) is 6.61. The van der Waals surface area contributed by atoms with Gasteiger partial charge in [-0.3, -0.25) is 9.69 Å². The molecule has 186 valence electrons. The van der Waals surface area contributed by atoms with Crippen molar-refractivity contribution in [2.24, 2.45) is 5.10 Å². The molecule has 0 N–H and O–H groups in total. The molecule has 0 saturated carbocycles. The number of carbonyl (C=O) groups is 2. The second-order valence-electron chi connectivity index (χ2n) is 9.06. The van der Waals surface area contributed by atoms with Crippen molar-refractivity contribution >= 4 is 17.7 Å². The minimum absolute atomic E-state index is 0.0530.